The molecular formula is C24H31O4-. The van der Waals surface area contributed by atoms with E-state index in [1.807, 2.05) is 60.6 Å². The summed E-state index contributed by atoms with van der Waals surface area (Å²) in [5.41, 5.74) is 1.60. The molecule has 0 aliphatic rings. The molecule has 28 heavy (non-hydrogen) atoms. The molecule has 0 aliphatic carbocycles. The molecule has 0 aromatic heterocycles. The number of carboxylic acid groups (broad SMARTS) is 1. The molecule has 0 spiro atoms. The molecule has 0 unspecified atom stereocenters. The van der Waals surface area contributed by atoms with Crippen LogP contribution in [0.25, 0.3) is 0 Å². The van der Waals surface area contributed by atoms with E-state index in [0.717, 1.165) is 22.3 Å². The third kappa shape index (κ3) is 4.32. The van der Waals surface area contributed by atoms with E-state index in [-0.39, 0.29) is 28.7 Å². The van der Waals surface area contributed by atoms with Crippen LogP contribution in [0.15, 0.2) is 36.4 Å². The normalized spacial score (nSPS) is 12.8. The Morgan fingerprint density at radius 1 is 0.786 bits per heavy atom. The highest BCUT2D eigenvalue weighted by molar-refractivity contribution is 5.69. The average molecular weight is 384 g/mol. The SMILES string of the molecule is CC(C)(C)c1cc(C(C)(CC(=O)[O-])c2ccc(O)c(C(C)(C)C)c2)ccc1O. The second kappa shape index (κ2) is 7.16. The molecule has 0 saturated heterocycles. The van der Waals surface area contributed by atoms with Crippen molar-refractivity contribution in [2.45, 2.75) is 71.1 Å². The summed E-state index contributed by atoms with van der Waals surface area (Å²) in [4.78, 5) is 11.6. The number of carboxylic acids is 1. The predicted octanol–water partition coefficient (Wildman–Crippen LogP) is 4.14. The average Bonchev–Trinajstić information content (AvgIpc) is 2.52. The molecule has 0 fully saturated rings. The second-order valence-electron chi connectivity index (χ2n) is 9.84. The number of carbonyl (C=O) groups is 1. The van der Waals surface area contributed by atoms with Crippen LogP contribution in [0.5, 0.6) is 11.5 Å². The first-order valence-electron chi connectivity index (χ1n) is 9.54. The number of aromatic hydroxyl groups is 2. The molecule has 0 bridgehead atoms. The predicted molar refractivity (Wildman–Crippen MR) is 110 cm³/mol. The van der Waals surface area contributed by atoms with Crippen LogP contribution in [-0.4, -0.2) is 16.2 Å². The van der Waals surface area contributed by atoms with Gasteiger partial charge in [-0.1, -0.05) is 72.7 Å². The highest BCUT2D eigenvalue weighted by Gasteiger charge is 2.33. The van der Waals surface area contributed by atoms with Crippen LogP contribution in [-0.2, 0) is 21.0 Å². The first kappa shape index (κ1) is 21.8. The Hall–Kier alpha value is -2.49. The molecule has 4 nitrogen and oxygen atoms in total. The van der Waals surface area contributed by atoms with Gasteiger partial charge in [0.05, 0.1) is 0 Å². The van der Waals surface area contributed by atoms with Gasteiger partial charge in [0.1, 0.15) is 11.5 Å². The number of hydrogen-bond donors (Lipinski definition) is 2. The molecule has 2 N–H and O–H groups in total. The van der Waals surface area contributed by atoms with Gasteiger partial charge in [-0.25, -0.2) is 0 Å². The van der Waals surface area contributed by atoms with E-state index in [2.05, 4.69) is 0 Å². The zero-order chi connectivity index (χ0) is 21.5. The Morgan fingerprint density at radius 3 is 1.43 bits per heavy atom. The fraction of sp³-hybridized carbons (Fsp3) is 0.458. The summed E-state index contributed by atoms with van der Waals surface area (Å²) in [6.45, 7) is 13.9. The fourth-order valence-electron chi connectivity index (χ4n) is 3.62. The molecule has 0 heterocycles. The zero-order valence-electron chi connectivity index (χ0n) is 17.9. The molecule has 2 rings (SSSR count). The summed E-state index contributed by atoms with van der Waals surface area (Å²) in [5.74, 6) is -0.778. The van der Waals surface area contributed by atoms with Gasteiger partial charge in [0.15, 0.2) is 0 Å². The minimum absolute atomic E-state index is 0.188. The number of carbonyl (C=O) groups excluding carboxylic acids is 1. The molecule has 4 heteroatoms. The van der Waals surface area contributed by atoms with Gasteiger partial charge in [-0.2, -0.15) is 0 Å². The van der Waals surface area contributed by atoms with E-state index in [1.165, 1.54) is 0 Å². The Morgan fingerprint density at radius 2 is 1.14 bits per heavy atom. The van der Waals surface area contributed by atoms with Gasteiger partial charge in [-0.15, -0.1) is 0 Å². The molecule has 152 valence electrons. The largest absolute Gasteiger partial charge is 0.550 e. The van der Waals surface area contributed by atoms with Gasteiger partial charge in [-0.05, 0) is 45.2 Å². The van der Waals surface area contributed by atoms with Crippen molar-refractivity contribution in [2.75, 3.05) is 0 Å². The third-order valence-corrected chi connectivity index (χ3v) is 5.38. The first-order chi connectivity index (χ1) is 12.7. The maximum atomic E-state index is 11.6. The molecule has 0 radical (unpaired) electrons. The van der Waals surface area contributed by atoms with Gasteiger partial charge < -0.3 is 20.1 Å². The van der Waals surface area contributed by atoms with E-state index in [0.29, 0.717) is 0 Å². The van der Waals surface area contributed by atoms with Crippen LogP contribution in [0.2, 0.25) is 0 Å². The molecule has 0 aliphatic heterocycles. The van der Waals surface area contributed by atoms with Crippen molar-refractivity contribution in [2.24, 2.45) is 0 Å². The Balaban J connectivity index is 2.75. The number of phenols is 2. The lowest BCUT2D eigenvalue weighted by Gasteiger charge is -2.34. The molecule has 0 saturated carbocycles. The van der Waals surface area contributed by atoms with Crippen molar-refractivity contribution in [3.8, 4) is 11.5 Å². The maximum Gasteiger partial charge on any atom is 0.119 e. The van der Waals surface area contributed by atoms with E-state index >= 15 is 0 Å². The third-order valence-electron chi connectivity index (χ3n) is 5.38. The Kier molecular flexibility index (Phi) is 5.57. The maximum absolute atomic E-state index is 11.6. The van der Waals surface area contributed by atoms with Crippen molar-refractivity contribution >= 4 is 5.97 Å². The summed E-state index contributed by atoms with van der Waals surface area (Å²) < 4.78 is 0. The van der Waals surface area contributed by atoms with Crippen LogP contribution in [0.1, 0.15) is 77.1 Å². The lowest BCUT2D eigenvalue weighted by Crippen LogP contribution is -2.35. The van der Waals surface area contributed by atoms with E-state index in [4.69, 9.17) is 0 Å². The van der Waals surface area contributed by atoms with Crippen LogP contribution < -0.4 is 5.11 Å². The second-order valence-corrected chi connectivity index (χ2v) is 9.84. The first-order valence-corrected chi connectivity index (χ1v) is 9.54. The van der Waals surface area contributed by atoms with Crippen molar-refractivity contribution in [1.29, 1.82) is 0 Å². The lowest BCUT2D eigenvalue weighted by molar-refractivity contribution is -0.306. The van der Waals surface area contributed by atoms with Crippen molar-refractivity contribution in [3.05, 3.63) is 58.7 Å². The molecular weight excluding hydrogens is 352 g/mol. The van der Waals surface area contributed by atoms with Crippen LogP contribution in [0, 0.1) is 0 Å². The van der Waals surface area contributed by atoms with Gasteiger partial charge in [0, 0.05) is 17.8 Å². The highest BCUT2D eigenvalue weighted by Crippen LogP contribution is 2.42. The lowest BCUT2D eigenvalue weighted by atomic mass is 9.70. The standard InChI is InChI=1S/C24H32O4/c1-22(2,3)17-12-15(8-10-19(17)25)24(7,14-21(27)28)16-9-11-20(26)18(13-16)23(4,5)6/h8-13,25-26H,14H2,1-7H3,(H,27,28)/p-1. The van der Waals surface area contributed by atoms with Gasteiger partial charge in [0.2, 0.25) is 0 Å². The van der Waals surface area contributed by atoms with E-state index in [9.17, 15) is 20.1 Å². The van der Waals surface area contributed by atoms with E-state index < -0.39 is 11.4 Å². The highest BCUT2D eigenvalue weighted by atomic mass is 16.4. The van der Waals surface area contributed by atoms with Crippen molar-refractivity contribution < 1.29 is 20.1 Å². The molecule has 0 amide bonds. The van der Waals surface area contributed by atoms with Crippen LogP contribution in [0.4, 0.5) is 0 Å². The van der Waals surface area contributed by atoms with Crippen molar-refractivity contribution in [3.63, 3.8) is 0 Å². The number of aliphatic carboxylic acids is 1. The van der Waals surface area contributed by atoms with Crippen molar-refractivity contribution in [1.82, 2.24) is 0 Å². The quantitative estimate of drug-likeness (QED) is 0.831. The van der Waals surface area contributed by atoms with Gasteiger partial charge in [-0.3, -0.25) is 0 Å². The molecule has 2 aromatic carbocycles. The Bertz CT molecular complexity index is 819. The smallest absolute Gasteiger partial charge is 0.119 e. The number of rotatable bonds is 4. The van der Waals surface area contributed by atoms with Crippen LogP contribution >= 0.6 is 0 Å². The number of hydrogen-bond acceptors (Lipinski definition) is 4. The number of benzene rings is 2. The number of phenolic OH excluding ortho intramolecular Hbond substituents is 2. The summed E-state index contributed by atoms with van der Waals surface area (Å²) >= 11 is 0. The topological polar surface area (TPSA) is 80.6 Å². The summed E-state index contributed by atoms with van der Waals surface area (Å²) in [6, 6.07) is 10.5. The molecule has 0 atom stereocenters. The van der Waals surface area contributed by atoms with Gasteiger partial charge in [0.25, 0.3) is 0 Å². The Labute approximate surface area is 167 Å². The van der Waals surface area contributed by atoms with Crippen LogP contribution in [0.3, 0.4) is 0 Å². The van der Waals surface area contributed by atoms with E-state index in [1.54, 1.807) is 24.3 Å². The van der Waals surface area contributed by atoms with Gasteiger partial charge >= 0.3 is 0 Å². The summed E-state index contributed by atoms with van der Waals surface area (Å²) in [6.07, 6.45) is -0.213. The summed E-state index contributed by atoms with van der Waals surface area (Å²) in [7, 11) is 0. The molecule has 2 aromatic rings. The minimum Gasteiger partial charge on any atom is -0.550 e. The monoisotopic (exact) mass is 383 g/mol. The minimum atomic E-state index is -1.15. The zero-order valence-corrected chi connectivity index (χ0v) is 17.9. The summed E-state index contributed by atoms with van der Waals surface area (Å²) in [5, 5.41) is 32.3. The fourth-order valence-corrected chi connectivity index (χ4v) is 3.62.